The van der Waals surface area contributed by atoms with E-state index in [1.165, 1.54) is 0 Å². The molecule has 1 rings (SSSR count). The van der Waals surface area contributed by atoms with E-state index >= 15 is 0 Å². The highest BCUT2D eigenvalue weighted by molar-refractivity contribution is 5.86. The lowest BCUT2D eigenvalue weighted by atomic mass is 9.81. The molecule has 6 nitrogen and oxygen atoms in total. The number of aliphatic carboxylic acids is 1. The zero-order chi connectivity index (χ0) is 14.3. The first-order valence-corrected chi connectivity index (χ1v) is 6.81. The molecule has 0 heterocycles. The van der Waals surface area contributed by atoms with Gasteiger partial charge in [0.25, 0.3) is 0 Å². The second kappa shape index (κ2) is 7.76. The fourth-order valence-electron chi connectivity index (χ4n) is 2.29. The third-order valence-electron chi connectivity index (χ3n) is 3.39. The maximum absolute atomic E-state index is 11.9. The van der Waals surface area contributed by atoms with E-state index in [1.54, 1.807) is 0 Å². The molecule has 0 bridgehead atoms. The van der Waals surface area contributed by atoms with Crippen molar-refractivity contribution in [2.75, 3.05) is 13.1 Å². The number of rotatable bonds is 6. The van der Waals surface area contributed by atoms with Gasteiger partial charge in [-0.25, -0.2) is 0 Å². The quantitative estimate of drug-likeness (QED) is 0.655. The molecule has 1 aliphatic carbocycles. The normalized spacial score (nSPS) is 22.6. The van der Waals surface area contributed by atoms with Crippen LogP contribution in [0.2, 0.25) is 0 Å². The molecule has 0 saturated heterocycles. The molecule has 0 aliphatic heterocycles. The first kappa shape index (κ1) is 15.5. The summed E-state index contributed by atoms with van der Waals surface area (Å²) in [4.78, 5) is 34.1. The van der Waals surface area contributed by atoms with E-state index in [0.29, 0.717) is 25.8 Å². The van der Waals surface area contributed by atoms with Gasteiger partial charge in [0.1, 0.15) is 0 Å². The lowest BCUT2D eigenvalue weighted by molar-refractivity contribution is -0.144. The van der Waals surface area contributed by atoms with Gasteiger partial charge < -0.3 is 15.7 Å². The molecule has 19 heavy (non-hydrogen) atoms. The van der Waals surface area contributed by atoms with Gasteiger partial charge in [0.05, 0.1) is 12.5 Å². The minimum atomic E-state index is -0.835. The van der Waals surface area contributed by atoms with E-state index in [-0.39, 0.29) is 24.3 Å². The summed E-state index contributed by atoms with van der Waals surface area (Å²) in [7, 11) is 0. The van der Waals surface area contributed by atoms with E-state index in [1.807, 2.05) is 6.92 Å². The minimum Gasteiger partial charge on any atom is -0.481 e. The number of amides is 2. The van der Waals surface area contributed by atoms with Crippen molar-refractivity contribution in [3.05, 3.63) is 0 Å². The van der Waals surface area contributed by atoms with Crippen molar-refractivity contribution in [2.24, 2.45) is 11.8 Å². The highest BCUT2D eigenvalue weighted by atomic mass is 16.4. The predicted octanol–water partition coefficient (Wildman–Crippen LogP) is 0.520. The Morgan fingerprint density at radius 2 is 1.84 bits per heavy atom. The van der Waals surface area contributed by atoms with Crippen LogP contribution in [-0.4, -0.2) is 36.0 Å². The lowest BCUT2D eigenvalue weighted by Crippen LogP contribution is -2.41. The Kier molecular flexibility index (Phi) is 6.32. The van der Waals surface area contributed by atoms with E-state index in [0.717, 1.165) is 12.8 Å². The topological polar surface area (TPSA) is 95.5 Å². The number of carboxylic acids is 1. The Morgan fingerprint density at radius 1 is 1.16 bits per heavy atom. The van der Waals surface area contributed by atoms with Crippen molar-refractivity contribution in [1.29, 1.82) is 0 Å². The first-order chi connectivity index (χ1) is 9.04. The maximum Gasteiger partial charge on any atom is 0.306 e. The monoisotopic (exact) mass is 270 g/mol. The molecule has 1 fully saturated rings. The predicted molar refractivity (Wildman–Crippen MR) is 69.4 cm³/mol. The summed E-state index contributed by atoms with van der Waals surface area (Å²) < 4.78 is 0. The summed E-state index contributed by atoms with van der Waals surface area (Å²) in [6, 6.07) is 0. The maximum atomic E-state index is 11.9. The van der Waals surface area contributed by atoms with Gasteiger partial charge in [-0.3, -0.25) is 14.4 Å². The minimum absolute atomic E-state index is 0.0347. The van der Waals surface area contributed by atoms with E-state index in [2.05, 4.69) is 10.6 Å². The number of hydrogen-bond donors (Lipinski definition) is 3. The summed E-state index contributed by atoms with van der Waals surface area (Å²) in [6.07, 6.45) is 3.31. The molecule has 3 N–H and O–H groups in total. The van der Waals surface area contributed by atoms with Crippen LogP contribution in [0.25, 0.3) is 0 Å². The van der Waals surface area contributed by atoms with Crippen molar-refractivity contribution in [3.63, 3.8) is 0 Å². The number of nitrogens with one attached hydrogen (secondary N) is 2. The van der Waals surface area contributed by atoms with E-state index < -0.39 is 11.9 Å². The van der Waals surface area contributed by atoms with E-state index in [4.69, 9.17) is 5.11 Å². The van der Waals surface area contributed by atoms with Crippen molar-refractivity contribution >= 4 is 17.8 Å². The summed E-state index contributed by atoms with van der Waals surface area (Å²) >= 11 is 0. The highest BCUT2D eigenvalue weighted by Gasteiger charge is 2.30. The summed E-state index contributed by atoms with van der Waals surface area (Å²) in [6.45, 7) is 2.51. The third-order valence-corrected chi connectivity index (χ3v) is 3.39. The molecule has 0 aromatic carbocycles. The fourth-order valence-corrected chi connectivity index (χ4v) is 2.29. The largest absolute Gasteiger partial charge is 0.481 e. The first-order valence-electron chi connectivity index (χ1n) is 6.81. The second-order valence-electron chi connectivity index (χ2n) is 4.97. The van der Waals surface area contributed by atoms with Crippen LogP contribution >= 0.6 is 0 Å². The molecule has 2 amide bonds. The van der Waals surface area contributed by atoms with Crippen LogP contribution < -0.4 is 10.6 Å². The van der Waals surface area contributed by atoms with Gasteiger partial charge in [-0.15, -0.1) is 0 Å². The zero-order valence-electron chi connectivity index (χ0n) is 11.3. The SMILES string of the molecule is CCCNC(=O)CNC(=O)C1CCCC(C(=O)O)C1. The summed E-state index contributed by atoms with van der Waals surface area (Å²) in [5.74, 6) is -1.97. The van der Waals surface area contributed by atoms with Crippen LogP contribution in [0, 0.1) is 11.8 Å². The smallest absolute Gasteiger partial charge is 0.306 e. The van der Waals surface area contributed by atoms with Crippen LogP contribution in [0.1, 0.15) is 39.0 Å². The van der Waals surface area contributed by atoms with Crippen LogP contribution in [0.3, 0.4) is 0 Å². The average Bonchev–Trinajstić information content (AvgIpc) is 2.42. The number of carboxylic acid groups (broad SMARTS) is 1. The van der Waals surface area contributed by atoms with Gasteiger partial charge in [-0.2, -0.15) is 0 Å². The van der Waals surface area contributed by atoms with Gasteiger partial charge in [-0.1, -0.05) is 13.3 Å². The molecule has 2 unspecified atom stereocenters. The van der Waals surface area contributed by atoms with Gasteiger partial charge in [0.15, 0.2) is 0 Å². The molecule has 0 aromatic heterocycles. The zero-order valence-corrected chi connectivity index (χ0v) is 11.3. The molecule has 108 valence electrons. The Balaban J connectivity index is 2.32. The fraction of sp³-hybridized carbons (Fsp3) is 0.769. The van der Waals surface area contributed by atoms with Crippen molar-refractivity contribution in [3.8, 4) is 0 Å². The standard InChI is InChI=1S/C13H22N2O4/c1-2-6-14-11(16)8-15-12(17)9-4-3-5-10(7-9)13(18)19/h9-10H,2-8H2,1H3,(H,14,16)(H,15,17)(H,18,19). The molecule has 2 atom stereocenters. The van der Waals surface area contributed by atoms with Crippen molar-refractivity contribution in [1.82, 2.24) is 10.6 Å². The second-order valence-corrected chi connectivity index (χ2v) is 4.97. The molecule has 6 heteroatoms. The molecule has 0 aromatic rings. The molecule has 0 radical (unpaired) electrons. The molecular weight excluding hydrogens is 248 g/mol. The average molecular weight is 270 g/mol. The van der Waals surface area contributed by atoms with Crippen LogP contribution in [-0.2, 0) is 14.4 Å². The van der Waals surface area contributed by atoms with Gasteiger partial charge in [0, 0.05) is 12.5 Å². The Labute approximate surface area is 112 Å². The molecular formula is C13H22N2O4. The van der Waals surface area contributed by atoms with E-state index in [9.17, 15) is 14.4 Å². The summed E-state index contributed by atoms with van der Waals surface area (Å²) in [5, 5.41) is 14.2. The molecule has 1 saturated carbocycles. The molecule has 0 spiro atoms. The number of carbonyl (C=O) groups is 3. The third kappa shape index (κ3) is 5.28. The Morgan fingerprint density at radius 3 is 2.47 bits per heavy atom. The van der Waals surface area contributed by atoms with Crippen LogP contribution in [0.4, 0.5) is 0 Å². The van der Waals surface area contributed by atoms with Crippen molar-refractivity contribution in [2.45, 2.75) is 39.0 Å². The Hall–Kier alpha value is -1.59. The molecule has 1 aliphatic rings. The van der Waals surface area contributed by atoms with Gasteiger partial charge in [-0.05, 0) is 25.7 Å². The Bertz CT molecular complexity index is 344. The number of carbonyl (C=O) groups excluding carboxylic acids is 2. The van der Waals surface area contributed by atoms with Gasteiger partial charge in [0.2, 0.25) is 11.8 Å². The van der Waals surface area contributed by atoms with Crippen LogP contribution in [0.15, 0.2) is 0 Å². The lowest BCUT2D eigenvalue weighted by Gasteiger charge is -2.25. The van der Waals surface area contributed by atoms with Gasteiger partial charge >= 0.3 is 5.97 Å². The summed E-state index contributed by atoms with van der Waals surface area (Å²) in [5.41, 5.74) is 0. The van der Waals surface area contributed by atoms with Crippen molar-refractivity contribution < 1.29 is 19.5 Å². The van der Waals surface area contributed by atoms with Crippen LogP contribution in [0.5, 0.6) is 0 Å². The highest BCUT2D eigenvalue weighted by Crippen LogP contribution is 2.29. The number of hydrogen-bond acceptors (Lipinski definition) is 3.